The van der Waals surface area contributed by atoms with Crippen LogP contribution < -0.4 is 10.6 Å². The summed E-state index contributed by atoms with van der Waals surface area (Å²) in [7, 11) is 2.04. The fraction of sp³-hybridized carbons (Fsp3) is 0.769. The van der Waals surface area contributed by atoms with Crippen LogP contribution in [0.5, 0.6) is 0 Å². The Labute approximate surface area is 109 Å². The number of anilines is 2. The van der Waals surface area contributed by atoms with Crippen molar-refractivity contribution in [3.63, 3.8) is 0 Å². The predicted molar refractivity (Wildman–Crippen MR) is 73.6 cm³/mol. The van der Waals surface area contributed by atoms with E-state index in [2.05, 4.69) is 33.7 Å². The number of hydrogen-bond acceptors (Lipinski definition) is 5. The standard InChI is InChI=1S/C13H23N5/c1-9(2)11-15-12(14)17-13(16-11)18(3)8-10-6-4-5-7-10/h9-10H,4-8H2,1-3H3,(H2,14,15,16,17). The highest BCUT2D eigenvalue weighted by atomic mass is 15.3. The lowest BCUT2D eigenvalue weighted by atomic mass is 10.1. The summed E-state index contributed by atoms with van der Waals surface area (Å²) in [5.74, 6) is 2.85. The van der Waals surface area contributed by atoms with Crippen molar-refractivity contribution >= 4 is 11.9 Å². The Bertz CT molecular complexity index is 398. The van der Waals surface area contributed by atoms with Crippen molar-refractivity contribution in [1.82, 2.24) is 15.0 Å². The normalized spacial score (nSPS) is 16.4. The lowest BCUT2D eigenvalue weighted by Crippen LogP contribution is -2.27. The maximum Gasteiger partial charge on any atom is 0.230 e. The van der Waals surface area contributed by atoms with Crippen LogP contribution in [0, 0.1) is 5.92 Å². The second-order valence-electron chi connectivity index (χ2n) is 5.54. The molecule has 0 aromatic carbocycles. The Morgan fingerprint density at radius 3 is 2.50 bits per heavy atom. The Balaban J connectivity index is 2.10. The first-order valence-electron chi connectivity index (χ1n) is 6.79. The van der Waals surface area contributed by atoms with Gasteiger partial charge >= 0.3 is 0 Å². The maximum atomic E-state index is 5.75. The van der Waals surface area contributed by atoms with Crippen molar-refractivity contribution in [2.75, 3.05) is 24.2 Å². The van der Waals surface area contributed by atoms with E-state index in [1.807, 2.05) is 7.05 Å². The molecule has 1 aliphatic rings. The number of nitrogen functional groups attached to an aromatic ring is 1. The molecule has 100 valence electrons. The van der Waals surface area contributed by atoms with E-state index in [0.29, 0.717) is 11.9 Å². The molecule has 0 unspecified atom stereocenters. The Morgan fingerprint density at radius 2 is 1.89 bits per heavy atom. The zero-order chi connectivity index (χ0) is 13.1. The Kier molecular flexibility index (Phi) is 3.99. The molecule has 18 heavy (non-hydrogen) atoms. The molecule has 1 fully saturated rings. The summed E-state index contributed by atoms with van der Waals surface area (Å²) >= 11 is 0. The fourth-order valence-electron chi connectivity index (χ4n) is 2.49. The SMILES string of the molecule is CC(C)c1nc(N)nc(N(C)CC2CCCC2)n1. The van der Waals surface area contributed by atoms with Crippen LogP contribution in [-0.2, 0) is 0 Å². The van der Waals surface area contributed by atoms with Crippen molar-refractivity contribution in [2.45, 2.75) is 45.4 Å². The van der Waals surface area contributed by atoms with Crippen molar-refractivity contribution in [3.8, 4) is 0 Å². The summed E-state index contributed by atoms with van der Waals surface area (Å²) in [6, 6.07) is 0. The molecule has 2 rings (SSSR count). The molecule has 0 radical (unpaired) electrons. The largest absolute Gasteiger partial charge is 0.368 e. The molecule has 0 amide bonds. The second kappa shape index (κ2) is 5.50. The van der Waals surface area contributed by atoms with Gasteiger partial charge in [0, 0.05) is 19.5 Å². The second-order valence-corrected chi connectivity index (χ2v) is 5.54. The maximum absolute atomic E-state index is 5.75. The van der Waals surface area contributed by atoms with Crippen molar-refractivity contribution in [2.24, 2.45) is 5.92 Å². The van der Waals surface area contributed by atoms with Crippen LogP contribution in [0.2, 0.25) is 0 Å². The molecule has 0 spiro atoms. The van der Waals surface area contributed by atoms with Gasteiger partial charge in [0.25, 0.3) is 0 Å². The summed E-state index contributed by atoms with van der Waals surface area (Å²) in [6.07, 6.45) is 5.36. The topological polar surface area (TPSA) is 67.9 Å². The molecule has 1 heterocycles. The molecular weight excluding hydrogens is 226 g/mol. The van der Waals surface area contributed by atoms with Crippen LogP contribution in [0.25, 0.3) is 0 Å². The predicted octanol–water partition coefficient (Wildman–Crippen LogP) is 2.20. The van der Waals surface area contributed by atoms with E-state index in [1.54, 1.807) is 0 Å². The van der Waals surface area contributed by atoms with E-state index in [0.717, 1.165) is 18.3 Å². The zero-order valence-electron chi connectivity index (χ0n) is 11.6. The van der Waals surface area contributed by atoms with E-state index in [-0.39, 0.29) is 5.92 Å². The van der Waals surface area contributed by atoms with Gasteiger partial charge in [-0.05, 0) is 18.8 Å². The van der Waals surface area contributed by atoms with Gasteiger partial charge in [0.2, 0.25) is 11.9 Å². The van der Waals surface area contributed by atoms with Crippen LogP contribution in [0.15, 0.2) is 0 Å². The average molecular weight is 249 g/mol. The molecular formula is C13H23N5. The number of rotatable bonds is 4. The first-order chi connectivity index (χ1) is 8.56. The van der Waals surface area contributed by atoms with Gasteiger partial charge in [0.15, 0.2) is 0 Å². The third kappa shape index (κ3) is 3.09. The Morgan fingerprint density at radius 1 is 1.22 bits per heavy atom. The minimum absolute atomic E-state index is 0.272. The molecule has 0 saturated heterocycles. The van der Waals surface area contributed by atoms with Crippen LogP contribution >= 0.6 is 0 Å². The highest BCUT2D eigenvalue weighted by Gasteiger charge is 2.19. The first kappa shape index (κ1) is 13.1. The van der Waals surface area contributed by atoms with Gasteiger partial charge in [-0.2, -0.15) is 15.0 Å². The molecule has 0 aliphatic heterocycles. The van der Waals surface area contributed by atoms with Crippen LogP contribution in [0.1, 0.15) is 51.3 Å². The summed E-state index contributed by atoms with van der Waals surface area (Å²) in [6.45, 7) is 5.14. The minimum atomic E-state index is 0.272. The summed E-state index contributed by atoms with van der Waals surface area (Å²) in [4.78, 5) is 15.0. The summed E-state index contributed by atoms with van der Waals surface area (Å²) in [5, 5.41) is 0. The van der Waals surface area contributed by atoms with Gasteiger partial charge in [0.05, 0.1) is 0 Å². The van der Waals surface area contributed by atoms with Crippen LogP contribution in [0.3, 0.4) is 0 Å². The molecule has 5 heteroatoms. The molecule has 5 nitrogen and oxygen atoms in total. The third-order valence-corrected chi connectivity index (χ3v) is 3.52. The van der Waals surface area contributed by atoms with Gasteiger partial charge in [-0.25, -0.2) is 0 Å². The van der Waals surface area contributed by atoms with Crippen molar-refractivity contribution in [3.05, 3.63) is 5.82 Å². The van der Waals surface area contributed by atoms with E-state index in [9.17, 15) is 0 Å². The lowest BCUT2D eigenvalue weighted by molar-refractivity contribution is 0.541. The quantitative estimate of drug-likeness (QED) is 0.886. The molecule has 2 N–H and O–H groups in total. The first-order valence-corrected chi connectivity index (χ1v) is 6.79. The van der Waals surface area contributed by atoms with Crippen LogP contribution in [-0.4, -0.2) is 28.5 Å². The molecule has 0 bridgehead atoms. The molecule has 1 saturated carbocycles. The smallest absolute Gasteiger partial charge is 0.230 e. The van der Waals surface area contributed by atoms with Gasteiger partial charge in [-0.3, -0.25) is 0 Å². The highest BCUT2D eigenvalue weighted by molar-refractivity contribution is 5.34. The van der Waals surface area contributed by atoms with Gasteiger partial charge in [0.1, 0.15) is 5.82 Å². The monoisotopic (exact) mass is 249 g/mol. The van der Waals surface area contributed by atoms with E-state index in [4.69, 9.17) is 5.73 Å². The van der Waals surface area contributed by atoms with Gasteiger partial charge < -0.3 is 10.6 Å². The van der Waals surface area contributed by atoms with Gasteiger partial charge in [-0.1, -0.05) is 26.7 Å². The fourth-order valence-corrected chi connectivity index (χ4v) is 2.49. The molecule has 1 aromatic rings. The van der Waals surface area contributed by atoms with Crippen molar-refractivity contribution < 1.29 is 0 Å². The molecule has 0 atom stereocenters. The van der Waals surface area contributed by atoms with Crippen molar-refractivity contribution in [1.29, 1.82) is 0 Å². The zero-order valence-corrected chi connectivity index (χ0v) is 11.6. The van der Waals surface area contributed by atoms with E-state index in [1.165, 1.54) is 25.7 Å². The number of aromatic nitrogens is 3. The average Bonchev–Trinajstić information content (AvgIpc) is 2.80. The van der Waals surface area contributed by atoms with Gasteiger partial charge in [-0.15, -0.1) is 0 Å². The third-order valence-electron chi connectivity index (χ3n) is 3.52. The number of hydrogen-bond donors (Lipinski definition) is 1. The lowest BCUT2D eigenvalue weighted by Gasteiger charge is -2.21. The van der Waals surface area contributed by atoms with E-state index >= 15 is 0 Å². The number of nitrogens with zero attached hydrogens (tertiary/aromatic N) is 4. The minimum Gasteiger partial charge on any atom is -0.368 e. The Hall–Kier alpha value is -1.39. The summed E-state index contributed by atoms with van der Waals surface area (Å²) in [5.41, 5.74) is 5.75. The number of nitrogens with two attached hydrogens (primary N) is 1. The summed E-state index contributed by atoms with van der Waals surface area (Å²) < 4.78 is 0. The highest BCUT2D eigenvalue weighted by Crippen LogP contribution is 2.26. The van der Waals surface area contributed by atoms with E-state index < -0.39 is 0 Å². The molecule has 1 aromatic heterocycles. The molecule has 1 aliphatic carbocycles. The van der Waals surface area contributed by atoms with Crippen LogP contribution in [0.4, 0.5) is 11.9 Å².